The van der Waals surface area contributed by atoms with E-state index in [1.165, 1.54) is 0 Å². The van der Waals surface area contributed by atoms with Gasteiger partial charge in [0.2, 0.25) is 0 Å². The summed E-state index contributed by atoms with van der Waals surface area (Å²) in [4.78, 5) is 12.8. The number of benzene rings is 2. The molecule has 0 radical (unpaired) electrons. The van der Waals surface area contributed by atoms with Gasteiger partial charge in [0.05, 0.1) is 6.20 Å². The van der Waals surface area contributed by atoms with Crippen LogP contribution in [0.25, 0.3) is 22.4 Å². The fourth-order valence-corrected chi connectivity index (χ4v) is 2.98. The van der Waals surface area contributed by atoms with Gasteiger partial charge in [-0.1, -0.05) is 18.2 Å². The summed E-state index contributed by atoms with van der Waals surface area (Å²) >= 11 is 0. The largest absolute Gasteiger partial charge is 0.423 e. The van der Waals surface area contributed by atoms with Crippen LogP contribution < -0.4 is 10.6 Å². The van der Waals surface area contributed by atoms with E-state index >= 15 is 0 Å². The number of anilines is 4. The zero-order chi connectivity index (χ0) is 19.6. The molecule has 5 rings (SSSR count). The van der Waals surface area contributed by atoms with Gasteiger partial charge >= 0.3 is 0 Å². The fraction of sp³-hybridized carbons (Fsp3) is 0.0455. The molecule has 0 saturated heterocycles. The first-order chi connectivity index (χ1) is 14.2. The third kappa shape index (κ3) is 3.53. The van der Waals surface area contributed by atoms with Gasteiger partial charge in [0.25, 0.3) is 12.0 Å². The molecule has 2 aromatic carbocycles. The van der Waals surface area contributed by atoms with Crippen molar-refractivity contribution in [3.05, 3.63) is 78.8 Å². The summed E-state index contributed by atoms with van der Waals surface area (Å²) in [7, 11) is 0. The molecule has 0 fully saturated rings. The van der Waals surface area contributed by atoms with Crippen LogP contribution in [0.4, 0.5) is 23.4 Å². The maximum absolute atomic E-state index is 5.83. The van der Waals surface area contributed by atoms with Crippen LogP contribution in [0, 0.1) is 6.92 Å². The highest BCUT2D eigenvalue weighted by Gasteiger charge is 2.10. The molecule has 0 unspecified atom stereocenters. The lowest BCUT2D eigenvalue weighted by Gasteiger charge is -2.09. The lowest BCUT2D eigenvalue weighted by Crippen LogP contribution is -1.96. The predicted molar refractivity (Wildman–Crippen MR) is 111 cm³/mol. The topological polar surface area (TPSA) is 89.0 Å². The summed E-state index contributed by atoms with van der Waals surface area (Å²) in [6.07, 6.45) is 5.13. The Hall–Kier alpha value is -4.13. The molecule has 0 aliphatic carbocycles. The maximum atomic E-state index is 5.83. The second-order valence-corrected chi connectivity index (χ2v) is 6.53. The fourth-order valence-electron chi connectivity index (χ4n) is 2.98. The molecule has 3 heterocycles. The molecule has 0 saturated carbocycles. The molecule has 0 bridgehead atoms. The van der Waals surface area contributed by atoms with Gasteiger partial charge in [-0.05, 0) is 48.9 Å². The Morgan fingerprint density at radius 2 is 1.72 bits per heavy atom. The average Bonchev–Trinajstić information content (AvgIpc) is 3.37. The van der Waals surface area contributed by atoms with Crippen LogP contribution in [0.15, 0.2) is 82.0 Å². The highest BCUT2D eigenvalue weighted by Crippen LogP contribution is 2.29. The zero-order valence-corrected chi connectivity index (χ0v) is 15.6. The molecular formula is C22H17N5O2. The van der Waals surface area contributed by atoms with Crippen molar-refractivity contribution in [2.24, 2.45) is 0 Å². The minimum Gasteiger partial charge on any atom is -0.423 e. The molecule has 0 aliphatic rings. The molecule has 2 N–H and O–H groups in total. The first-order valence-corrected chi connectivity index (χ1v) is 9.11. The number of oxazole rings is 2. The lowest BCUT2D eigenvalue weighted by molar-refractivity contribution is 0.592. The third-order valence-corrected chi connectivity index (χ3v) is 4.49. The molecular weight excluding hydrogens is 366 g/mol. The molecule has 142 valence electrons. The quantitative estimate of drug-likeness (QED) is 0.404. The van der Waals surface area contributed by atoms with E-state index < -0.39 is 0 Å². The van der Waals surface area contributed by atoms with E-state index in [9.17, 15) is 0 Å². The monoisotopic (exact) mass is 383 g/mol. The van der Waals surface area contributed by atoms with Gasteiger partial charge in [-0.15, -0.1) is 0 Å². The van der Waals surface area contributed by atoms with Crippen LogP contribution in [0.5, 0.6) is 0 Å². The van der Waals surface area contributed by atoms with Crippen molar-refractivity contribution in [3.8, 4) is 11.3 Å². The number of para-hydroxylation sites is 2. The van der Waals surface area contributed by atoms with Crippen LogP contribution in [-0.4, -0.2) is 15.0 Å². The van der Waals surface area contributed by atoms with Crippen LogP contribution >= 0.6 is 0 Å². The maximum Gasteiger partial charge on any atom is 0.300 e. The second-order valence-electron chi connectivity index (χ2n) is 6.53. The summed E-state index contributed by atoms with van der Waals surface area (Å²) in [6, 6.07) is 18.2. The highest BCUT2D eigenvalue weighted by atomic mass is 16.4. The lowest BCUT2D eigenvalue weighted by atomic mass is 10.2. The number of fused-ring (bicyclic) bond motifs is 1. The van der Waals surface area contributed by atoms with Gasteiger partial charge in [0, 0.05) is 29.3 Å². The van der Waals surface area contributed by atoms with Crippen LogP contribution in [0.3, 0.4) is 0 Å². The van der Waals surface area contributed by atoms with Gasteiger partial charge in [-0.3, -0.25) is 4.98 Å². The molecule has 29 heavy (non-hydrogen) atoms. The predicted octanol–water partition coefficient (Wildman–Crippen LogP) is 5.67. The molecule has 0 atom stereocenters. The van der Waals surface area contributed by atoms with Crippen molar-refractivity contribution in [1.82, 2.24) is 15.0 Å². The van der Waals surface area contributed by atoms with E-state index in [0.717, 1.165) is 33.6 Å². The Bertz CT molecular complexity index is 1240. The van der Waals surface area contributed by atoms with E-state index in [0.29, 0.717) is 17.8 Å². The van der Waals surface area contributed by atoms with Gasteiger partial charge < -0.3 is 19.5 Å². The summed E-state index contributed by atoms with van der Waals surface area (Å²) in [5.74, 6) is 0.674. The van der Waals surface area contributed by atoms with Crippen molar-refractivity contribution in [3.63, 3.8) is 0 Å². The molecule has 0 amide bonds. The smallest absolute Gasteiger partial charge is 0.300 e. The molecule has 7 heteroatoms. The van der Waals surface area contributed by atoms with Gasteiger partial charge in [-0.2, -0.15) is 4.98 Å². The average molecular weight is 383 g/mol. The van der Waals surface area contributed by atoms with Crippen LogP contribution in [0.2, 0.25) is 0 Å². The second kappa shape index (κ2) is 7.12. The minimum absolute atomic E-state index is 0.416. The number of rotatable bonds is 5. The molecule has 0 aliphatic heterocycles. The molecule has 7 nitrogen and oxygen atoms in total. The standard InChI is InChI=1S/C22H17N5O2/c1-14-6-7-16(25-22-26-17-4-2-3-5-19(17)28-22)12-18(14)27-21-24-13-20(29-21)15-8-10-23-11-9-15/h2-13H,1H3,(H,24,27)(H,25,26). The number of hydrogen-bond acceptors (Lipinski definition) is 7. The Labute approximate surface area is 166 Å². The van der Waals surface area contributed by atoms with E-state index in [4.69, 9.17) is 8.83 Å². The Morgan fingerprint density at radius 1 is 0.862 bits per heavy atom. The number of aryl methyl sites for hydroxylation is 1. The van der Waals surface area contributed by atoms with Gasteiger partial charge in [-0.25, -0.2) is 4.98 Å². The van der Waals surface area contributed by atoms with Crippen molar-refractivity contribution < 1.29 is 8.83 Å². The van der Waals surface area contributed by atoms with Crippen LogP contribution in [-0.2, 0) is 0 Å². The van der Waals surface area contributed by atoms with E-state index in [1.54, 1.807) is 18.6 Å². The van der Waals surface area contributed by atoms with E-state index in [1.807, 2.05) is 61.5 Å². The third-order valence-electron chi connectivity index (χ3n) is 4.49. The Kier molecular flexibility index (Phi) is 4.18. The number of pyridine rings is 1. The highest BCUT2D eigenvalue weighted by molar-refractivity contribution is 5.75. The summed E-state index contributed by atoms with van der Waals surface area (Å²) in [5.41, 5.74) is 5.23. The van der Waals surface area contributed by atoms with E-state index in [2.05, 4.69) is 25.6 Å². The van der Waals surface area contributed by atoms with Crippen molar-refractivity contribution in [2.45, 2.75) is 6.92 Å². The Morgan fingerprint density at radius 3 is 2.59 bits per heavy atom. The van der Waals surface area contributed by atoms with Crippen molar-refractivity contribution in [1.29, 1.82) is 0 Å². The normalized spacial score (nSPS) is 10.9. The summed E-state index contributed by atoms with van der Waals surface area (Å²) in [5, 5.41) is 6.43. The minimum atomic E-state index is 0.416. The van der Waals surface area contributed by atoms with Crippen LogP contribution in [0.1, 0.15) is 5.56 Å². The molecule has 5 aromatic rings. The summed E-state index contributed by atoms with van der Waals surface area (Å²) < 4.78 is 11.6. The van der Waals surface area contributed by atoms with Gasteiger partial charge in [0.1, 0.15) is 5.52 Å². The molecule has 3 aromatic heterocycles. The zero-order valence-electron chi connectivity index (χ0n) is 15.6. The van der Waals surface area contributed by atoms with E-state index in [-0.39, 0.29) is 0 Å². The molecule has 0 spiro atoms. The summed E-state index contributed by atoms with van der Waals surface area (Å²) in [6.45, 7) is 2.01. The number of hydrogen-bond donors (Lipinski definition) is 2. The number of nitrogens with one attached hydrogen (secondary N) is 2. The first kappa shape index (κ1) is 17.0. The van der Waals surface area contributed by atoms with Crippen molar-refractivity contribution >= 4 is 34.5 Å². The number of nitrogens with zero attached hydrogens (tertiary/aromatic N) is 3. The van der Waals surface area contributed by atoms with Crippen molar-refractivity contribution in [2.75, 3.05) is 10.6 Å². The number of aromatic nitrogens is 3. The first-order valence-electron chi connectivity index (χ1n) is 9.11. The van der Waals surface area contributed by atoms with Gasteiger partial charge in [0.15, 0.2) is 11.3 Å². The SMILES string of the molecule is Cc1ccc(Nc2nc3ccccc3o2)cc1Nc1ncc(-c2ccncc2)o1. The Balaban J connectivity index is 1.37.